The van der Waals surface area contributed by atoms with E-state index in [4.69, 9.17) is 0 Å². The Labute approximate surface area is 111 Å². The molecule has 1 aliphatic carbocycles. The standard InChI is InChI=1S/C13H18N4S/c1-18-11-4-2-10(3-5-11)16-13-12-6-7-15-17(12)9-8-14-13/h6-11H,2-5H2,1H3,(H,14,16). The lowest BCUT2D eigenvalue weighted by atomic mass is 9.95. The quantitative estimate of drug-likeness (QED) is 0.923. The van der Waals surface area contributed by atoms with E-state index in [0.29, 0.717) is 6.04 Å². The lowest BCUT2D eigenvalue weighted by Crippen LogP contribution is -2.27. The van der Waals surface area contributed by atoms with Crippen LogP contribution in [0.25, 0.3) is 5.52 Å². The number of nitrogens with one attached hydrogen (secondary N) is 1. The number of thioether (sulfide) groups is 1. The van der Waals surface area contributed by atoms with E-state index >= 15 is 0 Å². The summed E-state index contributed by atoms with van der Waals surface area (Å²) >= 11 is 2.00. The van der Waals surface area contributed by atoms with E-state index in [2.05, 4.69) is 21.7 Å². The molecular weight excluding hydrogens is 244 g/mol. The normalized spacial score (nSPS) is 24.3. The molecule has 0 radical (unpaired) electrons. The van der Waals surface area contributed by atoms with Crippen LogP contribution in [0.4, 0.5) is 5.82 Å². The monoisotopic (exact) mass is 262 g/mol. The first-order valence-electron chi connectivity index (χ1n) is 6.44. The van der Waals surface area contributed by atoms with Crippen molar-refractivity contribution in [2.24, 2.45) is 0 Å². The van der Waals surface area contributed by atoms with Gasteiger partial charge in [-0.1, -0.05) is 0 Å². The summed E-state index contributed by atoms with van der Waals surface area (Å²) in [5.41, 5.74) is 1.06. The Bertz CT molecular complexity index is 516. The molecule has 0 unspecified atom stereocenters. The molecule has 2 heterocycles. The maximum absolute atomic E-state index is 4.44. The molecule has 3 rings (SSSR count). The van der Waals surface area contributed by atoms with Gasteiger partial charge in [-0.25, -0.2) is 9.50 Å². The molecule has 0 atom stereocenters. The summed E-state index contributed by atoms with van der Waals surface area (Å²) < 4.78 is 1.86. The number of hydrogen-bond donors (Lipinski definition) is 1. The van der Waals surface area contributed by atoms with Gasteiger partial charge in [0.05, 0.1) is 6.20 Å². The molecule has 2 aromatic heterocycles. The van der Waals surface area contributed by atoms with Gasteiger partial charge in [0.15, 0.2) is 5.82 Å². The van der Waals surface area contributed by atoms with E-state index in [9.17, 15) is 0 Å². The molecule has 0 saturated heterocycles. The van der Waals surface area contributed by atoms with Crippen molar-refractivity contribution in [3.63, 3.8) is 0 Å². The van der Waals surface area contributed by atoms with Gasteiger partial charge in [0.1, 0.15) is 5.52 Å². The van der Waals surface area contributed by atoms with Crippen LogP contribution < -0.4 is 5.32 Å². The fourth-order valence-corrected chi connectivity index (χ4v) is 3.35. The van der Waals surface area contributed by atoms with Gasteiger partial charge in [-0.3, -0.25) is 0 Å². The molecular formula is C13H18N4S. The molecule has 0 aromatic carbocycles. The second-order valence-corrected chi connectivity index (χ2v) is 5.93. The lowest BCUT2D eigenvalue weighted by Gasteiger charge is -2.28. The molecule has 1 fully saturated rings. The highest BCUT2D eigenvalue weighted by atomic mass is 32.2. The topological polar surface area (TPSA) is 42.2 Å². The largest absolute Gasteiger partial charge is 0.366 e. The van der Waals surface area contributed by atoms with Crippen LogP contribution in [0.5, 0.6) is 0 Å². The lowest BCUT2D eigenvalue weighted by molar-refractivity contribution is 0.472. The van der Waals surface area contributed by atoms with Crippen molar-refractivity contribution in [2.45, 2.75) is 37.0 Å². The van der Waals surface area contributed by atoms with Gasteiger partial charge in [-0.15, -0.1) is 0 Å². The Kier molecular flexibility index (Phi) is 3.41. The minimum Gasteiger partial charge on any atom is -0.366 e. The van der Waals surface area contributed by atoms with Gasteiger partial charge >= 0.3 is 0 Å². The van der Waals surface area contributed by atoms with E-state index in [1.807, 2.05) is 34.7 Å². The fourth-order valence-electron chi connectivity index (χ4n) is 2.61. The first kappa shape index (κ1) is 11.8. The van der Waals surface area contributed by atoms with Gasteiger partial charge in [-0.05, 0) is 38.0 Å². The Morgan fingerprint density at radius 2 is 2.11 bits per heavy atom. The SMILES string of the molecule is CSC1CCC(Nc2nccn3nccc23)CC1. The second-order valence-electron chi connectivity index (χ2n) is 4.79. The molecule has 0 aliphatic heterocycles. The highest BCUT2D eigenvalue weighted by Gasteiger charge is 2.21. The maximum atomic E-state index is 4.44. The van der Waals surface area contributed by atoms with Gasteiger partial charge in [0.25, 0.3) is 0 Å². The van der Waals surface area contributed by atoms with Crippen LogP contribution in [0.2, 0.25) is 0 Å². The number of aromatic nitrogens is 3. The Morgan fingerprint density at radius 3 is 2.89 bits per heavy atom. The molecule has 1 N–H and O–H groups in total. The van der Waals surface area contributed by atoms with Crippen LogP contribution in [0.3, 0.4) is 0 Å². The van der Waals surface area contributed by atoms with E-state index < -0.39 is 0 Å². The third kappa shape index (κ3) is 2.32. The van der Waals surface area contributed by atoms with E-state index in [1.165, 1.54) is 25.7 Å². The minimum atomic E-state index is 0.557. The molecule has 18 heavy (non-hydrogen) atoms. The van der Waals surface area contributed by atoms with Crippen molar-refractivity contribution in [3.8, 4) is 0 Å². The predicted molar refractivity (Wildman–Crippen MR) is 76.2 cm³/mol. The highest BCUT2D eigenvalue weighted by molar-refractivity contribution is 7.99. The van der Waals surface area contributed by atoms with Crippen molar-refractivity contribution in [3.05, 3.63) is 24.7 Å². The first-order chi connectivity index (χ1) is 8.86. The summed E-state index contributed by atoms with van der Waals surface area (Å²) in [7, 11) is 0. The minimum absolute atomic E-state index is 0.557. The van der Waals surface area contributed by atoms with Crippen molar-refractivity contribution in [2.75, 3.05) is 11.6 Å². The zero-order valence-electron chi connectivity index (χ0n) is 10.5. The molecule has 96 valence electrons. The van der Waals surface area contributed by atoms with Crippen LogP contribution in [-0.2, 0) is 0 Å². The molecule has 5 heteroatoms. The summed E-state index contributed by atoms with van der Waals surface area (Å²) in [6, 6.07) is 2.56. The summed E-state index contributed by atoms with van der Waals surface area (Å²) in [5, 5.41) is 8.65. The van der Waals surface area contributed by atoms with Gasteiger partial charge in [0, 0.05) is 23.7 Å². The van der Waals surface area contributed by atoms with Crippen molar-refractivity contribution in [1.29, 1.82) is 0 Å². The first-order valence-corrected chi connectivity index (χ1v) is 7.73. The smallest absolute Gasteiger partial charge is 0.152 e. The molecule has 2 aromatic rings. The zero-order chi connectivity index (χ0) is 12.4. The fraction of sp³-hybridized carbons (Fsp3) is 0.538. The molecule has 0 spiro atoms. The third-order valence-electron chi connectivity index (χ3n) is 3.67. The average molecular weight is 262 g/mol. The average Bonchev–Trinajstić information content (AvgIpc) is 2.89. The summed E-state index contributed by atoms with van der Waals surface area (Å²) in [6.45, 7) is 0. The number of nitrogens with zero attached hydrogens (tertiary/aromatic N) is 3. The van der Waals surface area contributed by atoms with E-state index in [1.54, 1.807) is 6.20 Å². The van der Waals surface area contributed by atoms with Crippen molar-refractivity contribution >= 4 is 23.1 Å². The van der Waals surface area contributed by atoms with Crippen molar-refractivity contribution < 1.29 is 0 Å². The van der Waals surface area contributed by atoms with Crippen LogP contribution in [0.1, 0.15) is 25.7 Å². The second kappa shape index (κ2) is 5.18. The number of fused-ring (bicyclic) bond motifs is 1. The molecule has 0 amide bonds. The molecule has 1 saturated carbocycles. The number of anilines is 1. The Hall–Kier alpha value is -1.23. The third-order valence-corrected chi connectivity index (χ3v) is 4.81. The van der Waals surface area contributed by atoms with Crippen LogP contribution in [0, 0.1) is 0 Å². The molecule has 0 bridgehead atoms. The number of hydrogen-bond acceptors (Lipinski definition) is 4. The maximum Gasteiger partial charge on any atom is 0.152 e. The van der Waals surface area contributed by atoms with Gasteiger partial charge < -0.3 is 5.32 Å². The zero-order valence-corrected chi connectivity index (χ0v) is 11.4. The predicted octanol–water partition coefficient (Wildman–Crippen LogP) is 2.82. The summed E-state index contributed by atoms with van der Waals surface area (Å²) in [5.74, 6) is 0.961. The van der Waals surface area contributed by atoms with E-state index in [-0.39, 0.29) is 0 Å². The van der Waals surface area contributed by atoms with E-state index in [0.717, 1.165) is 16.6 Å². The van der Waals surface area contributed by atoms with Crippen LogP contribution in [-0.4, -0.2) is 32.1 Å². The number of rotatable bonds is 3. The Morgan fingerprint density at radius 1 is 1.28 bits per heavy atom. The Balaban J connectivity index is 1.71. The van der Waals surface area contributed by atoms with Gasteiger partial charge in [-0.2, -0.15) is 16.9 Å². The van der Waals surface area contributed by atoms with Crippen LogP contribution >= 0.6 is 11.8 Å². The van der Waals surface area contributed by atoms with Crippen molar-refractivity contribution in [1.82, 2.24) is 14.6 Å². The summed E-state index contributed by atoms with van der Waals surface area (Å²) in [4.78, 5) is 4.44. The molecule has 1 aliphatic rings. The van der Waals surface area contributed by atoms with Gasteiger partial charge in [0.2, 0.25) is 0 Å². The highest BCUT2D eigenvalue weighted by Crippen LogP contribution is 2.28. The summed E-state index contributed by atoms with van der Waals surface area (Å²) in [6.07, 6.45) is 12.8. The van der Waals surface area contributed by atoms with Crippen LogP contribution in [0.15, 0.2) is 24.7 Å². The molecule has 4 nitrogen and oxygen atoms in total.